The van der Waals surface area contributed by atoms with Crippen LogP contribution in [0.1, 0.15) is 5.56 Å². The molecule has 0 aliphatic carbocycles. The largest absolute Gasteiger partial charge is 0.759 e. The monoisotopic (exact) mass is 199 g/mol. The van der Waals surface area contributed by atoms with E-state index in [9.17, 15) is 8.76 Å². The Kier molecular flexibility index (Phi) is 4.63. The van der Waals surface area contributed by atoms with Crippen LogP contribution in [0, 0.1) is 0 Å². The molecule has 0 saturated carbocycles. The Morgan fingerprint density at radius 2 is 2.00 bits per heavy atom. The van der Waals surface area contributed by atoms with Gasteiger partial charge in [-0.15, -0.1) is 0 Å². The molecule has 0 heterocycles. The lowest BCUT2D eigenvalue weighted by molar-refractivity contribution is 0.504. The van der Waals surface area contributed by atoms with Crippen LogP contribution in [-0.4, -0.2) is 15.3 Å². The van der Waals surface area contributed by atoms with E-state index < -0.39 is 11.3 Å². The molecule has 1 aromatic rings. The zero-order chi connectivity index (χ0) is 9.52. The summed E-state index contributed by atoms with van der Waals surface area (Å²) in [5, 5.41) is 0. The highest BCUT2D eigenvalue weighted by Crippen LogP contribution is 1.97. The van der Waals surface area contributed by atoms with Gasteiger partial charge < -0.3 is 4.55 Å². The fourth-order valence-corrected chi connectivity index (χ4v) is 1.18. The van der Waals surface area contributed by atoms with Crippen LogP contribution in [0.2, 0.25) is 0 Å². The van der Waals surface area contributed by atoms with Gasteiger partial charge in [-0.1, -0.05) is 30.3 Å². The first kappa shape index (κ1) is 10.3. The smallest absolute Gasteiger partial charge is 0.0324 e. The van der Waals surface area contributed by atoms with E-state index in [1.807, 2.05) is 30.3 Å². The third-order valence-electron chi connectivity index (χ3n) is 1.54. The molecule has 0 aromatic heterocycles. The van der Waals surface area contributed by atoms with Gasteiger partial charge in [0.1, 0.15) is 0 Å². The van der Waals surface area contributed by atoms with Crippen LogP contribution in [0.15, 0.2) is 30.3 Å². The van der Waals surface area contributed by atoms with Gasteiger partial charge in [0, 0.05) is 17.8 Å². The zero-order valence-corrected chi connectivity index (χ0v) is 7.84. The number of hydrazine groups is 1. The number of nitrogens with one attached hydrogen (secondary N) is 2. The van der Waals surface area contributed by atoms with Gasteiger partial charge in [0.15, 0.2) is 0 Å². The van der Waals surface area contributed by atoms with E-state index in [4.69, 9.17) is 0 Å². The summed E-state index contributed by atoms with van der Waals surface area (Å²) in [6.07, 6.45) is 0.797. The highest BCUT2D eigenvalue weighted by Gasteiger charge is 1.89. The normalized spacial score (nSPS) is 12.7. The van der Waals surface area contributed by atoms with Crippen molar-refractivity contribution in [2.45, 2.75) is 6.42 Å². The predicted octanol–water partition coefficient (Wildman–Crippen LogP) is 0.117. The minimum atomic E-state index is -2.23. The van der Waals surface area contributed by atoms with E-state index in [2.05, 4.69) is 10.3 Å². The van der Waals surface area contributed by atoms with E-state index in [0.29, 0.717) is 6.54 Å². The molecule has 1 atom stereocenters. The molecule has 13 heavy (non-hydrogen) atoms. The minimum absolute atomic E-state index is 0.581. The van der Waals surface area contributed by atoms with E-state index in [0.717, 1.165) is 6.42 Å². The van der Waals surface area contributed by atoms with Gasteiger partial charge in [0.2, 0.25) is 0 Å². The lowest BCUT2D eigenvalue weighted by Crippen LogP contribution is -2.34. The van der Waals surface area contributed by atoms with Crippen molar-refractivity contribution < 1.29 is 8.76 Å². The SMILES string of the molecule is O=S([O-])NNCCc1ccccc1. The maximum atomic E-state index is 10.0. The first-order valence-electron chi connectivity index (χ1n) is 3.91. The minimum Gasteiger partial charge on any atom is -0.759 e. The van der Waals surface area contributed by atoms with Gasteiger partial charge in [0.05, 0.1) is 0 Å². The molecule has 0 aliphatic heterocycles. The molecule has 0 saturated heterocycles. The average molecular weight is 199 g/mol. The lowest BCUT2D eigenvalue weighted by Gasteiger charge is -2.08. The van der Waals surface area contributed by atoms with E-state index in [-0.39, 0.29) is 0 Å². The van der Waals surface area contributed by atoms with Crippen LogP contribution in [0.5, 0.6) is 0 Å². The summed E-state index contributed by atoms with van der Waals surface area (Å²) in [7, 11) is 0. The van der Waals surface area contributed by atoms with Crippen LogP contribution < -0.4 is 10.3 Å². The molecule has 1 unspecified atom stereocenters. The van der Waals surface area contributed by atoms with E-state index in [1.165, 1.54) is 5.56 Å². The van der Waals surface area contributed by atoms with Crippen molar-refractivity contribution in [1.82, 2.24) is 10.3 Å². The molecule has 2 N–H and O–H groups in total. The van der Waals surface area contributed by atoms with Gasteiger partial charge in [-0.25, -0.2) is 5.43 Å². The third kappa shape index (κ3) is 4.74. The molecule has 72 valence electrons. The Hall–Kier alpha value is -0.750. The van der Waals surface area contributed by atoms with Crippen molar-refractivity contribution in [2.24, 2.45) is 0 Å². The summed E-state index contributed by atoms with van der Waals surface area (Å²) in [4.78, 5) is 2.08. The van der Waals surface area contributed by atoms with Gasteiger partial charge >= 0.3 is 0 Å². The fourth-order valence-electron chi connectivity index (χ4n) is 0.961. The molecule has 4 nitrogen and oxygen atoms in total. The predicted molar refractivity (Wildman–Crippen MR) is 50.2 cm³/mol. The Labute approximate surface area is 79.7 Å². The van der Waals surface area contributed by atoms with E-state index >= 15 is 0 Å². The van der Waals surface area contributed by atoms with Gasteiger partial charge in [-0.2, -0.15) is 4.83 Å². The second-order valence-corrected chi connectivity index (χ2v) is 3.17. The molecule has 0 bridgehead atoms. The maximum Gasteiger partial charge on any atom is 0.0324 e. The zero-order valence-electron chi connectivity index (χ0n) is 7.03. The number of rotatable bonds is 5. The Balaban J connectivity index is 2.17. The van der Waals surface area contributed by atoms with Crippen molar-refractivity contribution in [3.05, 3.63) is 35.9 Å². The highest BCUT2D eigenvalue weighted by molar-refractivity contribution is 7.76. The van der Waals surface area contributed by atoms with Gasteiger partial charge in [-0.3, -0.25) is 4.21 Å². The van der Waals surface area contributed by atoms with Crippen LogP contribution in [-0.2, 0) is 17.7 Å². The number of hydrogen-bond acceptors (Lipinski definition) is 3. The summed E-state index contributed by atoms with van der Waals surface area (Å²) in [6, 6.07) is 9.84. The molecular weight excluding hydrogens is 188 g/mol. The molecule has 0 spiro atoms. The lowest BCUT2D eigenvalue weighted by atomic mass is 10.2. The molecule has 5 heteroatoms. The molecule has 0 fully saturated rings. The highest BCUT2D eigenvalue weighted by atomic mass is 32.2. The summed E-state index contributed by atoms with van der Waals surface area (Å²) in [6.45, 7) is 0.581. The van der Waals surface area contributed by atoms with Crippen LogP contribution in [0.3, 0.4) is 0 Å². The summed E-state index contributed by atoms with van der Waals surface area (Å²) < 4.78 is 20.1. The maximum absolute atomic E-state index is 10.0. The van der Waals surface area contributed by atoms with Crippen LogP contribution >= 0.6 is 0 Å². The van der Waals surface area contributed by atoms with Gasteiger partial charge in [0.25, 0.3) is 0 Å². The second kappa shape index (κ2) is 5.82. The van der Waals surface area contributed by atoms with E-state index in [1.54, 1.807) is 0 Å². The topological polar surface area (TPSA) is 64.2 Å². The molecule has 0 aliphatic rings. The molecular formula is C8H11N2O2S-. The first-order chi connectivity index (χ1) is 6.29. The van der Waals surface area contributed by atoms with Crippen LogP contribution in [0.4, 0.5) is 0 Å². The van der Waals surface area contributed by atoms with Gasteiger partial charge in [-0.05, 0) is 12.0 Å². The summed E-state index contributed by atoms with van der Waals surface area (Å²) in [5.74, 6) is 0. The Morgan fingerprint density at radius 3 is 2.62 bits per heavy atom. The first-order valence-corrected chi connectivity index (χ1v) is 4.98. The molecule has 0 amide bonds. The fraction of sp³-hybridized carbons (Fsp3) is 0.250. The summed E-state index contributed by atoms with van der Waals surface area (Å²) in [5.41, 5.74) is 3.75. The average Bonchev–Trinajstić information content (AvgIpc) is 2.14. The second-order valence-electron chi connectivity index (χ2n) is 2.50. The summed E-state index contributed by atoms with van der Waals surface area (Å²) >= 11 is -2.23. The quantitative estimate of drug-likeness (QED) is 0.402. The number of benzene rings is 1. The van der Waals surface area contributed by atoms with Crippen LogP contribution in [0.25, 0.3) is 0 Å². The molecule has 0 radical (unpaired) electrons. The Morgan fingerprint density at radius 1 is 1.31 bits per heavy atom. The molecule has 1 rings (SSSR count). The third-order valence-corrected chi connectivity index (χ3v) is 1.85. The Bertz CT molecular complexity index is 266. The standard InChI is InChI=1S/C8H12N2O2S/c11-13(12)10-9-7-6-8-4-2-1-3-5-8/h1-5,9-10H,6-7H2,(H,11,12)/p-1. The molecule has 1 aromatic carbocycles. The van der Waals surface area contributed by atoms with Crippen molar-refractivity contribution in [3.8, 4) is 0 Å². The number of hydrogen-bond donors (Lipinski definition) is 2. The van der Waals surface area contributed by atoms with Crippen molar-refractivity contribution >= 4 is 11.3 Å². The van der Waals surface area contributed by atoms with Crippen molar-refractivity contribution in [1.29, 1.82) is 0 Å². The van der Waals surface area contributed by atoms with Crippen molar-refractivity contribution in [2.75, 3.05) is 6.54 Å². The van der Waals surface area contributed by atoms with Crippen molar-refractivity contribution in [3.63, 3.8) is 0 Å².